The van der Waals surface area contributed by atoms with Gasteiger partial charge in [0.15, 0.2) is 0 Å². The second-order valence-electron chi connectivity index (χ2n) is 5.60. The van der Waals surface area contributed by atoms with Crippen LogP contribution in [0.1, 0.15) is 35.9 Å². The molecule has 1 aromatic heterocycles. The molecular weight excluding hydrogens is 316 g/mol. The summed E-state index contributed by atoms with van der Waals surface area (Å²) < 4.78 is 11.1. The minimum Gasteiger partial charge on any atom is -0.490 e. The van der Waals surface area contributed by atoms with Crippen LogP contribution in [0.5, 0.6) is 5.75 Å². The molecule has 1 amide bonds. The Kier molecular flexibility index (Phi) is 4.86. The fraction of sp³-hybridized carbons (Fsp3) is 0.412. The SMILES string of the molecule is CCc1cnoc1C(=O)N1CCC(Oc2ccc(Cl)cc2)CC1. The van der Waals surface area contributed by atoms with E-state index in [1.54, 1.807) is 11.1 Å². The van der Waals surface area contributed by atoms with Crippen molar-refractivity contribution >= 4 is 17.5 Å². The number of nitrogens with zero attached hydrogens (tertiary/aromatic N) is 2. The predicted octanol–water partition coefficient (Wildman–Crippen LogP) is 3.57. The molecule has 0 saturated carbocycles. The number of likely N-dealkylation sites (tertiary alicyclic amines) is 1. The van der Waals surface area contributed by atoms with E-state index in [1.807, 2.05) is 31.2 Å². The lowest BCUT2D eigenvalue weighted by molar-refractivity contribution is 0.0557. The highest BCUT2D eigenvalue weighted by Crippen LogP contribution is 2.22. The number of carbonyl (C=O) groups excluding carboxylic acids is 1. The van der Waals surface area contributed by atoms with Crippen molar-refractivity contribution in [2.75, 3.05) is 13.1 Å². The number of hydrogen-bond acceptors (Lipinski definition) is 4. The van der Waals surface area contributed by atoms with Gasteiger partial charge in [-0.2, -0.15) is 0 Å². The highest BCUT2D eigenvalue weighted by Gasteiger charge is 2.28. The molecule has 6 heteroatoms. The van der Waals surface area contributed by atoms with Crippen LogP contribution in [0.15, 0.2) is 35.0 Å². The molecule has 0 aliphatic carbocycles. The first-order valence-electron chi connectivity index (χ1n) is 7.82. The molecule has 0 radical (unpaired) electrons. The normalized spacial score (nSPS) is 15.7. The molecule has 0 spiro atoms. The smallest absolute Gasteiger partial charge is 0.292 e. The van der Waals surface area contributed by atoms with E-state index in [9.17, 15) is 4.79 Å². The first kappa shape index (κ1) is 15.9. The Morgan fingerprint density at radius 2 is 2.04 bits per heavy atom. The Morgan fingerprint density at radius 3 is 2.70 bits per heavy atom. The number of aromatic nitrogens is 1. The Labute approximate surface area is 140 Å². The molecule has 1 aliphatic rings. The van der Waals surface area contributed by atoms with Gasteiger partial charge in [0.1, 0.15) is 11.9 Å². The first-order valence-corrected chi connectivity index (χ1v) is 8.20. The summed E-state index contributed by atoms with van der Waals surface area (Å²) in [5.74, 6) is 1.09. The number of hydrogen-bond donors (Lipinski definition) is 0. The molecule has 5 nitrogen and oxygen atoms in total. The van der Waals surface area contributed by atoms with Crippen molar-refractivity contribution in [2.24, 2.45) is 0 Å². The van der Waals surface area contributed by atoms with Gasteiger partial charge in [-0.15, -0.1) is 0 Å². The molecule has 1 saturated heterocycles. The zero-order valence-electron chi connectivity index (χ0n) is 13.0. The Morgan fingerprint density at radius 1 is 1.35 bits per heavy atom. The quantitative estimate of drug-likeness (QED) is 0.857. The number of halogens is 1. The largest absolute Gasteiger partial charge is 0.490 e. The van der Waals surface area contributed by atoms with Gasteiger partial charge in [-0.25, -0.2) is 0 Å². The van der Waals surface area contributed by atoms with Crippen molar-refractivity contribution in [3.05, 3.63) is 46.8 Å². The van der Waals surface area contributed by atoms with Gasteiger partial charge in [0, 0.05) is 36.5 Å². The lowest BCUT2D eigenvalue weighted by Gasteiger charge is -2.31. The summed E-state index contributed by atoms with van der Waals surface area (Å²) >= 11 is 5.87. The summed E-state index contributed by atoms with van der Waals surface area (Å²) in [6.07, 6.45) is 4.05. The minimum atomic E-state index is -0.0794. The fourth-order valence-electron chi connectivity index (χ4n) is 2.71. The lowest BCUT2D eigenvalue weighted by atomic mass is 10.1. The molecule has 1 aromatic carbocycles. The van der Waals surface area contributed by atoms with Crippen LogP contribution in [0.3, 0.4) is 0 Å². The van der Waals surface area contributed by atoms with Gasteiger partial charge in [-0.1, -0.05) is 23.7 Å². The third-order valence-electron chi connectivity index (χ3n) is 4.06. The molecule has 122 valence electrons. The van der Waals surface area contributed by atoms with Gasteiger partial charge in [0.05, 0.1) is 6.20 Å². The average molecular weight is 335 g/mol. The maximum Gasteiger partial charge on any atom is 0.292 e. The third-order valence-corrected chi connectivity index (χ3v) is 4.32. The first-order chi connectivity index (χ1) is 11.2. The molecule has 0 N–H and O–H groups in total. The number of amides is 1. The molecule has 0 unspecified atom stereocenters. The maximum absolute atomic E-state index is 12.5. The monoisotopic (exact) mass is 334 g/mol. The van der Waals surface area contributed by atoms with Crippen molar-refractivity contribution in [3.63, 3.8) is 0 Å². The van der Waals surface area contributed by atoms with Crippen LogP contribution in [-0.4, -0.2) is 35.2 Å². The summed E-state index contributed by atoms with van der Waals surface area (Å²) in [6, 6.07) is 7.35. The van der Waals surface area contributed by atoms with E-state index < -0.39 is 0 Å². The number of aryl methyl sites for hydroxylation is 1. The summed E-state index contributed by atoms with van der Waals surface area (Å²) in [5, 5.41) is 4.42. The Hall–Kier alpha value is -2.01. The van der Waals surface area contributed by atoms with Crippen molar-refractivity contribution < 1.29 is 14.1 Å². The zero-order chi connectivity index (χ0) is 16.2. The Bertz CT molecular complexity index is 661. The fourth-order valence-corrected chi connectivity index (χ4v) is 2.84. The van der Waals surface area contributed by atoms with Crippen LogP contribution in [-0.2, 0) is 6.42 Å². The third kappa shape index (κ3) is 3.67. The molecule has 1 fully saturated rings. The highest BCUT2D eigenvalue weighted by atomic mass is 35.5. The van der Waals surface area contributed by atoms with E-state index in [0.29, 0.717) is 23.9 Å². The highest BCUT2D eigenvalue weighted by molar-refractivity contribution is 6.30. The standard InChI is InChI=1S/C17H19ClN2O3/c1-2-12-11-19-23-16(12)17(21)20-9-7-15(8-10-20)22-14-5-3-13(18)4-6-14/h3-6,11,15H,2,7-10H2,1H3. The van der Waals surface area contributed by atoms with Gasteiger partial charge in [-0.3, -0.25) is 4.79 Å². The van der Waals surface area contributed by atoms with E-state index in [2.05, 4.69) is 5.16 Å². The van der Waals surface area contributed by atoms with E-state index in [-0.39, 0.29) is 12.0 Å². The summed E-state index contributed by atoms with van der Waals surface area (Å²) in [4.78, 5) is 14.3. The summed E-state index contributed by atoms with van der Waals surface area (Å²) in [6.45, 7) is 3.29. The maximum atomic E-state index is 12.5. The van der Waals surface area contributed by atoms with Crippen molar-refractivity contribution in [2.45, 2.75) is 32.3 Å². The molecule has 2 heterocycles. The van der Waals surface area contributed by atoms with Gasteiger partial charge in [0.2, 0.25) is 5.76 Å². The van der Waals surface area contributed by atoms with Gasteiger partial charge in [0.25, 0.3) is 5.91 Å². The van der Waals surface area contributed by atoms with Gasteiger partial charge in [-0.05, 0) is 30.7 Å². The van der Waals surface area contributed by atoms with Crippen molar-refractivity contribution in [3.8, 4) is 5.75 Å². The molecule has 0 atom stereocenters. The van der Waals surface area contributed by atoms with Crippen LogP contribution in [0.4, 0.5) is 0 Å². The number of carbonyl (C=O) groups is 1. The second kappa shape index (κ2) is 7.04. The van der Waals surface area contributed by atoms with E-state index in [1.165, 1.54) is 0 Å². The van der Waals surface area contributed by atoms with E-state index in [0.717, 1.165) is 30.6 Å². The van der Waals surface area contributed by atoms with Gasteiger partial charge < -0.3 is 14.2 Å². The number of rotatable bonds is 4. The van der Waals surface area contributed by atoms with Crippen LogP contribution < -0.4 is 4.74 Å². The molecule has 23 heavy (non-hydrogen) atoms. The molecule has 1 aliphatic heterocycles. The van der Waals surface area contributed by atoms with E-state index in [4.69, 9.17) is 20.9 Å². The predicted molar refractivity (Wildman–Crippen MR) is 86.9 cm³/mol. The molecule has 2 aromatic rings. The van der Waals surface area contributed by atoms with Crippen molar-refractivity contribution in [1.29, 1.82) is 0 Å². The summed E-state index contributed by atoms with van der Waals surface area (Å²) in [7, 11) is 0. The Balaban J connectivity index is 1.56. The molecule has 0 bridgehead atoms. The zero-order valence-corrected chi connectivity index (χ0v) is 13.8. The van der Waals surface area contributed by atoms with Crippen LogP contribution in [0.25, 0.3) is 0 Å². The van der Waals surface area contributed by atoms with Crippen LogP contribution >= 0.6 is 11.6 Å². The second-order valence-corrected chi connectivity index (χ2v) is 6.03. The number of piperidine rings is 1. The average Bonchev–Trinajstić information content (AvgIpc) is 3.06. The van der Waals surface area contributed by atoms with Crippen LogP contribution in [0, 0.1) is 0 Å². The lowest BCUT2D eigenvalue weighted by Crippen LogP contribution is -2.41. The van der Waals surface area contributed by atoms with Crippen LogP contribution in [0.2, 0.25) is 5.02 Å². The number of ether oxygens (including phenoxy) is 1. The summed E-state index contributed by atoms with van der Waals surface area (Å²) in [5.41, 5.74) is 0.856. The number of benzene rings is 1. The molecular formula is C17H19ClN2O3. The topological polar surface area (TPSA) is 55.6 Å². The van der Waals surface area contributed by atoms with E-state index >= 15 is 0 Å². The molecule has 3 rings (SSSR count). The minimum absolute atomic E-state index is 0.0794. The van der Waals surface area contributed by atoms with Gasteiger partial charge >= 0.3 is 0 Å². The van der Waals surface area contributed by atoms with Crippen molar-refractivity contribution in [1.82, 2.24) is 10.1 Å².